The summed E-state index contributed by atoms with van der Waals surface area (Å²) in [5, 5.41) is 6.40. The maximum Gasteiger partial charge on any atom is 0.133 e. The number of nitrogens with one attached hydrogen (secondary N) is 1. The van der Waals surface area contributed by atoms with E-state index in [2.05, 4.69) is 10.3 Å². The smallest absolute Gasteiger partial charge is 0.133 e. The zero-order valence-corrected chi connectivity index (χ0v) is 11.8. The van der Waals surface area contributed by atoms with Crippen molar-refractivity contribution in [3.63, 3.8) is 0 Å². The van der Waals surface area contributed by atoms with E-state index >= 15 is 0 Å². The first-order valence-corrected chi connectivity index (χ1v) is 7.01. The van der Waals surface area contributed by atoms with Crippen LogP contribution in [-0.4, -0.2) is 11.5 Å². The average Bonchev–Trinajstić information content (AvgIpc) is 2.82. The van der Waals surface area contributed by atoms with Gasteiger partial charge in [0.05, 0.1) is 5.69 Å². The Morgan fingerprint density at radius 2 is 2.28 bits per heavy atom. The Balaban J connectivity index is 2.32. The normalized spacial score (nSPS) is 12.7. The van der Waals surface area contributed by atoms with Gasteiger partial charge in [0.15, 0.2) is 0 Å². The van der Waals surface area contributed by atoms with Gasteiger partial charge in [-0.25, -0.2) is 9.37 Å². The van der Waals surface area contributed by atoms with E-state index in [9.17, 15) is 4.39 Å². The van der Waals surface area contributed by atoms with Crippen LogP contribution < -0.4 is 5.32 Å². The fraction of sp³-hybridized carbons (Fsp3) is 0.308. The molecule has 96 valence electrons. The second kappa shape index (κ2) is 5.78. The molecule has 1 atom stereocenters. The summed E-state index contributed by atoms with van der Waals surface area (Å²) in [6.45, 7) is 4.95. The van der Waals surface area contributed by atoms with Crippen LogP contribution in [0.3, 0.4) is 0 Å². The molecule has 0 amide bonds. The standard InChI is InChI=1S/C13H14ClFN2S/c1-3-16-8(2)12-7-18-13(17-12)10-6-9(14)4-5-11(10)15/h4-8,16H,3H2,1-2H3. The van der Waals surface area contributed by atoms with E-state index < -0.39 is 0 Å². The highest BCUT2D eigenvalue weighted by Gasteiger charge is 2.13. The molecule has 0 aliphatic heterocycles. The van der Waals surface area contributed by atoms with Gasteiger partial charge < -0.3 is 5.32 Å². The second-order valence-electron chi connectivity index (χ2n) is 3.98. The summed E-state index contributed by atoms with van der Waals surface area (Å²) in [5.41, 5.74) is 1.39. The fourth-order valence-electron chi connectivity index (χ4n) is 1.68. The minimum Gasteiger partial charge on any atom is -0.309 e. The first-order chi connectivity index (χ1) is 8.61. The van der Waals surface area contributed by atoms with Crippen LogP contribution in [0.25, 0.3) is 10.6 Å². The van der Waals surface area contributed by atoms with Gasteiger partial charge in [-0.1, -0.05) is 18.5 Å². The number of hydrogen-bond acceptors (Lipinski definition) is 3. The molecule has 2 rings (SSSR count). The van der Waals surface area contributed by atoms with Gasteiger partial charge in [-0.3, -0.25) is 0 Å². The monoisotopic (exact) mass is 284 g/mol. The highest BCUT2D eigenvalue weighted by molar-refractivity contribution is 7.13. The Morgan fingerprint density at radius 1 is 1.50 bits per heavy atom. The molecule has 18 heavy (non-hydrogen) atoms. The van der Waals surface area contributed by atoms with Crippen LogP contribution in [0.4, 0.5) is 4.39 Å². The molecule has 0 spiro atoms. The van der Waals surface area contributed by atoms with Crippen molar-refractivity contribution >= 4 is 22.9 Å². The fourth-order valence-corrected chi connectivity index (χ4v) is 2.78. The van der Waals surface area contributed by atoms with Gasteiger partial charge in [0.2, 0.25) is 0 Å². The van der Waals surface area contributed by atoms with E-state index in [4.69, 9.17) is 11.6 Å². The maximum absolute atomic E-state index is 13.7. The number of rotatable bonds is 4. The van der Waals surface area contributed by atoms with Gasteiger partial charge in [0, 0.05) is 22.0 Å². The van der Waals surface area contributed by atoms with Crippen LogP contribution in [0.5, 0.6) is 0 Å². The van der Waals surface area contributed by atoms with Crippen molar-refractivity contribution in [1.82, 2.24) is 10.3 Å². The highest BCUT2D eigenvalue weighted by Crippen LogP contribution is 2.30. The molecule has 0 fully saturated rings. The zero-order valence-electron chi connectivity index (χ0n) is 10.2. The average molecular weight is 285 g/mol. The van der Waals surface area contributed by atoms with Crippen molar-refractivity contribution in [2.45, 2.75) is 19.9 Å². The Bertz CT molecular complexity index is 542. The molecule has 0 radical (unpaired) electrons. The molecule has 1 aromatic heterocycles. The number of benzene rings is 1. The van der Waals surface area contributed by atoms with Crippen molar-refractivity contribution < 1.29 is 4.39 Å². The van der Waals surface area contributed by atoms with Gasteiger partial charge in [-0.05, 0) is 31.7 Å². The first-order valence-electron chi connectivity index (χ1n) is 5.76. The van der Waals surface area contributed by atoms with Crippen LogP contribution in [0.2, 0.25) is 5.02 Å². The van der Waals surface area contributed by atoms with E-state index in [0.717, 1.165) is 12.2 Å². The molecule has 0 saturated heterocycles. The minimum atomic E-state index is -0.295. The zero-order chi connectivity index (χ0) is 13.1. The summed E-state index contributed by atoms with van der Waals surface area (Å²) >= 11 is 7.31. The van der Waals surface area contributed by atoms with Gasteiger partial charge in [0.25, 0.3) is 0 Å². The number of nitrogens with zero attached hydrogens (tertiary/aromatic N) is 1. The first kappa shape index (κ1) is 13.5. The number of thiazole rings is 1. The molecule has 0 aliphatic rings. The van der Waals surface area contributed by atoms with E-state index in [1.807, 2.05) is 19.2 Å². The van der Waals surface area contributed by atoms with Gasteiger partial charge in [0.1, 0.15) is 10.8 Å². The molecular weight excluding hydrogens is 271 g/mol. The van der Waals surface area contributed by atoms with Crippen molar-refractivity contribution in [3.8, 4) is 10.6 Å². The van der Waals surface area contributed by atoms with E-state index in [-0.39, 0.29) is 11.9 Å². The molecular formula is C13H14ClFN2S. The van der Waals surface area contributed by atoms with Crippen LogP contribution in [0, 0.1) is 5.82 Å². The minimum absolute atomic E-state index is 0.169. The third-order valence-electron chi connectivity index (χ3n) is 2.63. The Hall–Kier alpha value is -0.970. The van der Waals surface area contributed by atoms with Gasteiger partial charge >= 0.3 is 0 Å². The predicted octanol–water partition coefficient (Wildman–Crippen LogP) is 4.27. The van der Waals surface area contributed by atoms with Gasteiger partial charge in [-0.2, -0.15) is 0 Å². The highest BCUT2D eigenvalue weighted by atomic mass is 35.5. The molecule has 1 heterocycles. The Kier molecular flexibility index (Phi) is 4.32. The Morgan fingerprint density at radius 3 is 3.00 bits per heavy atom. The van der Waals surface area contributed by atoms with Crippen LogP contribution >= 0.6 is 22.9 Å². The van der Waals surface area contributed by atoms with Gasteiger partial charge in [-0.15, -0.1) is 11.3 Å². The quantitative estimate of drug-likeness (QED) is 0.907. The van der Waals surface area contributed by atoms with Crippen molar-refractivity contribution in [3.05, 3.63) is 40.1 Å². The second-order valence-corrected chi connectivity index (χ2v) is 5.28. The molecule has 0 saturated carbocycles. The molecule has 5 heteroatoms. The molecule has 2 aromatic rings. The number of hydrogen-bond donors (Lipinski definition) is 1. The lowest BCUT2D eigenvalue weighted by molar-refractivity contribution is 0.586. The predicted molar refractivity (Wildman–Crippen MR) is 74.6 cm³/mol. The van der Waals surface area contributed by atoms with Crippen molar-refractivity contribution in [1.29, 1.82) is 0 Å². The molecule has 0 aliphatic carbocycles. The summed E-state index contributed by atoms with van der Waals surface area (Å²) < 4.78 is 13.7. The van der Waals surface area contributed by atoms with E-state index in [1.54, 1.807) is 6.07 Å². The van der Waals surface area contributed by atoms with Crippen LogP contribution in [0.1, 0.15) is 25.6 Å². The SMILES string of the molecule is CCNC(C)c1csc(-c2cc(Cl)ccc2F)n1. The summed E-state index contributed by atoms with van der Waals surface area (Å²) in [6, 6.07) is 4.68. The lowest BCUT2D eigenvalue weighted by atomic mass is 10.2. The third kappa shape index (κ3) is 2.88. The summed E-state index contributed by atoms with van der Waals surface area (Å²) in [5.74, 6) is -0.295. The molecule has 1 N–H and O–H groups in total. The summed E-state index contributed by atoms with van der Waals surface area (Å²) in [6.07, 6.45) is 0. The van der Waals surface area contributed by atoms with Crippen molar-refractivity contribution in [2.24, 2.45) is 0 Å². The van der Waals surface area contributed by atoms with E-state index in [1.165, 1.54) is 23.5 Å². The molecule has 2 nitrogen and oxygen atoms in total. The summed E-state index contributed by atoms with van der Waals surface area (Å²) in [4.78, 5) is 4.46. The lowest BCUT2D eigenvalue weighted by Crippen LogP contribution is -2.17. The lowest BCUT2D eigenvalue weighted by Gasteiger charge is -2.08. The maximum atomic E-state index is 13.7. The van der Waals surface area contributed by atoms with Crippen LogP contribution in [-0.2, 0) is 0 Å². The van der Waals surface area contributed by atoms with Crippen LogP contribution in [0.15, 0.2) is 23.6 Å². The largest absolute Gasteiger partial charge is 0.309 e. The molecule has 1 aromatic carbocycles. The third-order valence-corrected chi connectivity index (χ3v) is 3.76. The number of aromatic nitrogens is 1. The summed E-state index contributed by atoms with van der Waals surface area (Å²) in [7, 11) is 0. The Labute approximate surface area is 115 Å². The van der Waals surface area contributed by atoms with Crippen molar-refractivity contribution in [2.75, 3.05) is 6.54 Å². The molecule has 1 unspecified atom stereocenters. The van der Waals surface area contributed by atoms with E-state index in [0.29, 0.717) is 15.6 Å². The molecule has 0 bridgehead atoms. The number of halogens is 2. The topological polar surface area (TPSA) is 24.9 Å².